The molecule has 0 aromatic rings. The summed E-state index contributed by atoms with van der Waals surface area (Å²) in [6.45, 7) is 12.0. The van der Waals surface area contributed by atoms with Crippen LogP contribution in [0.2, 0.25) is 0 Å². The SMILES string of the molecule is [CH2-]CCCCCCC.[CH2-]CCCCCCC.[O-]P([O-])(=S)[S-].[Pr+3]. The molecule has 0 saturated heterocycles. The molecule has 0 spiro atoms. The standard InChI is InChI=1S/2C8H17.H3O2PS2.Pr/c2*1-3-5-7-8-6-4-2;1-3(2,4)5;/h2*1,3-8H2,2H3;(H3,1,2,4,5);/q2*-1;;+3/p-3. The van der Waals surface area contributed by atoms with Gasteiger partial charge in [0.2, 0.25) is 0 Å². The van der Waals surface area contributed by atoms with Gasteiger partial charge in [0.25, 0.3) is 0 Å². The topological polar surface area (TPSA) is 46.1 Å². The Labute approximate surface area is 183 Å². The van der Waals surface area contributed by atoms with Crippen LogP contribution in [0.4, 0.5) is 0 Å². The van der Waals surface area contributed by atoms with E-state index >= 15 is 0 Å². The van der Waals surface area contributed by atoms with Crippen molar-refractivity contribution < 1.29 is 51.1 Å². The van der Waals surface area contributed by atoms with Gasteiger partial charge in [-0.1, -0.05) is 78.1 Å². The molecule has 0 saturated carbocycles. The number of rotatable bonds is 10. The van der Waals surface area contributed by atoms with Crippen molar-refractivity contribution in [2.24, 2.45) is 0 Å². The Balaban J connectivity index is -0.000000111. The molecule has 0 N–H and O–H groups in total. The predicted molar refractivity (Wildman–Crippen MR) is 99.1 cm³/mol. The van der Waals surface area contributed by atoms with Crippen LogP contribution in [0.25, 0.3) is 0 Å². The van der Waals surface area contributed by atoms with Gasteiger partial charge in [0.05, 0.1) is 0 Å². The summed E-state index contributed by atoms with van der Waals surface area (Å²) in [4.78, 5) is 18.6. The minimum atomic E-state index is -3.72. The van der Waals surface area contributed by atoms with E-state index in [-0.39, 0.29) is 41.3 Å². The van der Waals surface area contributed by atoms with Crippen molar-refractivity contribution in [2.75, 3.05) is 0 Å². The first kappa shape index (κ1) is 32.0. The van der Waals surface area contributed by atoms with E-state index in [9.17, 15) is 9.79 Å². The summed E-state index contributed by atoms with van der Waals surface area (Å²) in [5, 5.41) is 0. The van der Waals surface area contributed by atoms with Crippen LogP contribution in [0.1, 0.15) is 90.9 Å². The average molecular weight is 494 g/mol. The molecule has 6 heteroatoms. The molecule has 0 fully saturated rings. The van der Waals surface area contributed by atoms with Crippen molar-refractivity contribution in [2.45, 2.75) is 90.9 Å². The smallest absolute Gasteiger partial charge is 0.850 e. The van der Waals surface area contributed by atoms with E-state index in [2.05, 4.69) is 51.8 Å². The molecule has 0 unspecified atom stereocenters. The van der Waals surface area contributed by atoms with Gasteiger partial charge in [0, 0.05) is 0 Å². The first-order chi connectivity index (χ1) is 9.83. The maximum Gasteiger partial charge on any atom is 3.00 e. The van der Waals surface area contributed by atoms with E-state index in [0.717, 1.165) is 12.8 Å². The van der Waals surface area contributed by atoms with Gasteiger partial charge in [-0.3, -0.25) is 0 Å². The van der Waals surface area contributed by atoms with Crippen LogP contribution >= 0.6 is 5.69 Å². The number of hydrogen-bond acceptors (Lipinski definition) is 4. The van der Waals surface area contributed by atoms with Crippen LogP contribution in [0.15, 0.2) is 0 Å². The molecule has 0 aromatic heterocycles. The summed E-state index contributed by atoms with van der Waals surface area (Å²) in [5.74, 6) is 0. The largest absolute Gasteiger partial charge is 3.00 e. The molecule has 0 amide bonds. The third-order valence-electron chi connectivity index (χ3n) is 2.71. The van der Waals surface area contributed by atoms with E-state index in [4.69, 9.17) is 0 Å². The van der Waals surface area contributed by atoms with E-state index in [1.54, 1.807) is 0 Å². The van der Waals surface area contributed by atoms with E-state index in [0.29, 0.717) is 0 Å². The van der Waals surface area contributed by atoms with E-state index < -0.39 is 5.69 Å². The molecule has 0 radical (unpaired) electrons. The zero-order valence-electron chi connectivity index (χ0n) is 14.6. The second-order valence-electron chi connectivity index (χ2n) is 4.98. The molecule has 0 aliphatic carbocycles. The van der Waals surface area contributed by atoms with Crippen molar-refractivity contribution >= 4 is 29.7 Å². The van der Waals surface area contributed by atoms with Crippen LogP contribution < -0.4 is 9.79 Å². The van der Waals surface area contributed by atoms with E-state index in [1.807, 2.05) is 0 Å². The van der Waals surface area contributed by atoms with Crippen LogP contribution in [0, 0.1) is 55.1 Å². The van der Waals surface area contributed by atoms with Gasteiger partial charge in [-0.25, -0.2) is 0 Å². The fourth-order valence-corrected chi connectivity index (χ4v) is 1.56. The first-order valence-corrected chi connectivity index (χ1v) is 11.8. The Kier molecular flexibility index (Phi) is 40.9. The van der Waals surface area contributed by atoms with Crippen LogP contribution in [-0.2, 0) is 24.1 Å². The fraction of sp³-hybridized carbons (Fsp3) is 0.875. The molecule has 2 nitrogen and oxygen atoms in total. The van der Waals surface area contributed by atoms with Gasteiger partial charge in [-0.15, -0.1) is 0 Å². The van der Waals surface area contributed by atoms with Gasteiger partial charge >= 0.3 is 41.3 Å². The monoisotopic (exact) mass is 494 g/mol. The molecule has 0 bridgehead atoms. The van der Waals surface area contributed by atoms with Crippen LogP contribution in [-0.4, -0.2) is 0 Å². The van der Waals surface area contributed by atoms with Gasteiger partial charge in [-0.05, 0) is 0 Å². The Morgan fingerprint density at radius 3 is 1.18 bits per heavy atom. The second-order valence-corrected chi connectivity index (χ2v) is 9.45. The summed E-state index contributed by atoms with van der Waals surface area (Å²) in [5.41, 5.74) is -3.72. The Hall–Kier alpha value is 2.28. The third kappa shape index (κ3) is 66.9. The minimum Gasteiger partial charge on any atom is -0.850 e. The molecule has 0 heterocycles. The van der Waals surface area contributed by atoms with Gasteiger partial charge in [-0.2, -0.15) is 24.6 Å². The molecule has 0 aliphatic rings. The van der Waals surface area contributed by atoms with Crippen molar-refractivity contribution in [1.82, 2.24) is 0 Å². The van der Waals surface area contributed by atoms with Crippen LogP contribution in [0.5, 0.6) is 0 Å². The maximum absolute atomic E-state index is 9.29. The summed E-state index contributed by atoms with van der Waals surface area (Å²) in [7, 11) is 0. The first-order valence-electron chi connectivity index (χ1n) is 8.14. The number of hydrogen-bond donors (Lipinski definition) is 0. The normalized spacial score (nSPS) is 9.77. The summed E-state index contributed by atoms with van der Waals surface area (Å²) >= 11 is 7.28. The quantitative estimate of drug-likeness (QED) is 0.189. The Morgan fingerprint density at radius 1 is 0.773 bits per heavy atom. The summed E-state index contributed by atoms with van der Waals surface area (Å²) in [6, 6.07) is 0. The Morgan fingerprint density at radius 2 is 1.00 bits per heavy atom. The number of unbranched alkanes of at least 4 members (excludes halogenated alkanes) is 10. The minimum absolute atomic E-state index is 0. The predicted octanol–water partition coefficient (Wildman–Crippen LogP) is 4.84. The summed E-state index contributed by atoms with van der Waals surface area (Å²) in [6.07, 6.45) is 16.0. The molecule has 0 atom stereocenters. The zero-order valence-corrected chi connectivity index (χ0v) is 20.8. The average Bonchev–Trinajstić information content (AvgIpc) is 2.39. The molecule has 132 valence electrons. The molecular weight excluding hydrogens is 460 g/mol. The Bertz CT molecular complexity index is 182. The van der Waals surface area contributed by atoms with Crippen molar-refractivity contribution in [1.29, 1.82) is 0 Å². The maximum atomic E-state index is 9.29. The van der Waals surface area contributed by atoms with Gasteiger partial charge < -0.3 is 41.6 Å². The summed E-state index contributed by atoms with van der Waals surface area (Å²) < 4.78 is 0. The second kappa shape index (κ2) is 28.1. The molecular formula is C16H34O2PPrS2-2. The van der Waals surface area contributed by atoms with Crippen molar-refractivity contribution in [3.63, 3.8) is 0 Å². The van der Waals surface area contributed by atoms with Crippen molar-refractivity contribution in [3.05, 3.63) is 13.8 Å². The third-order valence-corrected chi connectivity index (χ3v) is 2.71. The molecule has 22 heavy (non-hydrogen) atoms. The van der Waals surface area contributed by atoms with Crippen LogP contribution in [0.3, 0.4) is 0 Å². The van der Waals surface area contributed by atoms with Gasteiger partial charge in [0.15, 0.2) is 0 Å². The zero-order chi connectivity index (χ0) is 17.0. The van der Waals surface area contributed by atoms with E-state index in [1.165, 1.54) is 64.2 Å². The molecule has 0 rings (SSSR count). The van der Waals surface area contributed by atoms with Crippen molar-refractivity contribution in [3.8, 4) is 0 Å². The van der Waals surface area contributed by atoms with Gasteiger partial charge in [0.1, 0.15) is 0 Å². The fourth-order valence-electron chi connectivity index (χ4n) is 1.56. The molecule has 0 aliphatic heterocycles. The molecule has 0 aromatic carbocycles.